The molecule has 2 rings (SSSR count). The van der Waals surface area contributed by atoms with Crippen LogP contribution in [0.25, 0.3) is 0 Å². The van der Waals surface area contributed by atoms with E-state index in [4.69, 9.17) is 0 Å². The van der Waals surface area contributed by atoms with Gasteiger partial charge in [0.2, 0.25) is 11.8 Å². The molecule has 0 unspecified atom stereocenters. The Morgan fingerprint density at radius 2 is 1.72 bits per heavy atom. The number of anilines is 1. The summed E-state index contributed by atoms with van der Waals surface area (Å²) < 4.78 is 0. The molecule has 25 heavy (non-hydrogen) atoms. The van der Waals surface area contributed by atoms with E-state index in [1.54, 1.807) is 11.8 Å². The number of carbonyl (C=O) groups excluding carboxylic acids is 2. The zero-order chi connectivity index (χ0) is 18.2. The molecule has 2 aromatic rings. The van der Waals surface area contributed by atoms with E-state index < -0.39 is 0 Å². The highest BCUT2D eigenvalue weighted by molar-refractivity contribution is 5.92. The molecule has 132 valence electrons. The molecule has 0 radical (unpaired) electrons. The zero-order valence-corrected chi connectivity index (χ0v) is 15.2. The van der Waals surface area contributed by atoms with Gasteiger partial charge in [-0.05, 0) is 43.0 Å². The predicted molar refractivity (Wildman–Crippen MR) is 102 cm³/mol. The number of nitrogens with zero attached hydrogens (tertiary/aromatic N) is 1. The molecule has 4 nitrogen and oxygen atoms in total. The van der Waals surface area contributed by atoms with Crippen LogP contribution in [0.4, 0.5) is 5.69 Å². The van der Waals surface area contributed by atoms with Crippen LogP contribution in [0.3, 0.4) is 0 Å². The maximum Gasteiger partial charge on any atom is 0.223 e. The standard InChI is InChI=1S/C21H26N2O2/c1-16-8-7-11-20(17(16)2)23(18(3)24)15-14-22-21(25)13-12-19-9-5-4-6-10-19/h4-11H,12-15H2,1-3H3,(H,22,25). The van der Waals surface area contributed by atoms with Gasteiger partial charge in [0.15, 0.2) is 0 Å². The fourth-order valence-corrected chi connectivity index (χ4v) is 2.77. The van der Waals surface area contributed by atoms with Crippen LogP contribution in [-0.2, 0) is 16.0 Å². The maximum absolute atomic E-state index is 12.0. The lowest BCUT2D eigenvalue weighted by molar-refractivity contribution is -0.121. The van der Waals surface area contributed by atoms with Gasteiger partial charge >= 0.3 is 0 Å². The molecule has 0 saturated carbocycles. The lowest BCUT2D eigenvalue weighted by Crippen LogP contribution is -2.38. The number of rotatable bonds is 7. The normalized spacial score (nSPS) is 10.4. The van der Waals surface area contributed by atoms with E-state index in [1.807, 2.05) is 62.4 Å². The largest absolute Gasteiger partial charge is 0.354 e. The first kappa shape index (κ1) is 18.7. The molecule has 0 spiro atoms. The quantitative estimate of drug-likeness (QED) is 0.841. The molecule has 2 aromatic carbocycles. The van der Waals surface area contributed by atoms with Crippen LogP contribution >= 0.6 is 0 Å². The molecule has 0 atom stereocenters. The third kappa shape index (κ3) is 5.45. The van der Waals surface area contributed by atoms with Crippen molar-refractivity contribution in [1.29, 1.82) is 0 Å². The van der Waals surface area contributed by atoms with Crippen LogP contribution in [0.1, 0.15) is 30.0 Å². The summed E-state index contributed by atoms with van der Waals surface area (Å²) in [5, 5.41) is 2.91. The third-order valence-corrected chi connectivity index (χ3v) is 4.39. The predicted octanol–water partition coefficient (Wildman–Crippen LogP) is 3.41. The van der Waals surface area contributed by atoms with Crippen LogP contribution in [0, 0.1) is 13.8 Å². The molecule has 0 aliphatic rings. The first-order chi connectivity index (χ1) is 12.0. The second-order valence-electron chi connectivity index (χ2n) is 6.23. The topological polar surface area (TPSA) is 49.4 Å². The van der Waals surface area contributed by atoms with Crippen LogP contribution in [0.2, 0.25) is 0 Å². The summed E-state index contributed by atoms with van der Waals surface area (Å²) in [6.45, 7) is 6.51. The SMILES string of the molecule is CC(=O)N(CCNC(=O)CCc1ccccc1)c1cccc(C)c1C. The number of hydrogen-bond donors (Lipinski definition) is 1. The van der Waals surface area contributed by atoms with E-state index in [0.29, 0.717) is 19.5 Å². The van der Waals surface area contributed by atoms with E-state index in [9.17, 15) is 9.59 Å². The summed E-state index contributed by atoms with van der Waals surface area (Å²) in [4.78, 5) is 25.7. The Morgan fingerprint density at radius 1 is 1.00 bits per heavy atom. The molecule has 4 heteroatoms. The Morgan fingerprint density at radius 3 is 2.40 bits per heavy atom. The zero-order valence-electron chi connectivity index (χ0n) is 15.2. The monoisotopic (exact) mass is 338 g/mol. The molecular weight excluding hydrogens is 312 g/mol. The fraction of sp³-hybridized carbons (Fsp3) is 0.333. The smallest absolute Gasteiger partial charge is 0.223 e. The Balaban J connectivity index is 1.86. The van der Waals surface area contributed by atoms with E-state index >= 15 is 0 Å². The fourth-order valence-electron chi connectivity index (χ4n) is 2.77. The van der Waals surface area contributed by atoms with Gasteiger partial charge in [0, 0.05) is 32.1 Å². The van der Waals surface area contributed by atoms with Crippen LogP contribution in [-0.4, -0.2) is 24.9 Å². The average molecular weight is 338 g/mol. The number of amides is 2. The Kier molecular flexibility index (Phi) is 6.75. The average Bonchev–Trinajstić information content (AvgIpc) is 2.60. The number of aryl methyl sites for hydroxylation is 2. The van der Waals surface area contributed by atoms with Gasteiger partial charge in [0.05, 0.1) is 0 Å². The highest BCUT2D eigenvalue weighted by atomic mass is 16.2. The summed E-state index contributed by atoms with van der Waals surface area (Å²) in [6.07, 6.45) is 1.17. The van der Waals surface area contributed by atoms with Crippen molar-refractivity contribution < 1.29 is 9.59 Å². The number of hydrogen-bond acceptors (Lipinski definition) is 2. The second kappa shape index (κ2) is 9.02. The first-order valence-corrected chi connectivity index (χ1v) is 8.64. The molecule has 0 aromatic heterocycles. The number of nitrogens with one attached hydrogen (secondary N) is 1. The minimum Gasteiger partial charge on any atom is -0.354 e. The minimum absolute atomic E-state index is 0.00770. The molecule has 0 fully saturated rings. The van der Waals surface area contributed by atoms with Gasteiger partial charge in [-0.15, -0.1) is 0 Å². The summed E-state index contributed by atoms with van der Waals surface area (Å²) in [5.74, 6) is -0.0134. The second-order valence-corrected chi connectivity index (χ2v) is 6.23. The Labute approximate surface area is 149 Å². The van der Waals surface area contributed by atoms with E-state index in [-0.39, 0.29) is 11.8 Å². The van der Waals surface area contributed by atoms with Crippen molar-refractivity contribution in [1.82, 2.24) is 5.32 Å². The van der Waals surface area contributed by atoms with Crippen molar-refractivity contribution in [3.8, 4) is 0 Å². The van der Waals surface area contributed by atoms with Crippen LogP contribution < -0.4 is 10.2 Å². The molecule has 0 saturated heterocycles. The molecule has 0 bridgehead atoms. The highest BCUT2D eigenvalue weighted by Gasteiger charge is 2.14. The molecule has 0 heterocycles. The van der Waals surface area contributed by atoms with Crippen molar-refractivity contribution in [2.45, 2.75) is 33.6 Å². The van der Waals surface area contributed by atoms with Crippen LogP contribution in [0.5, 0.6) is 0 Å². The molecule has 0 aliphatic heterocycles. The summed E-state index contributed by atoms with van der Waals surface area (Å²) in [7, 11) is 0. The maximum atomic E-state index is 12.0. The van der Waals surface area contributed by atoms with Gasteiger partial charge in [0.1, 0.15) is 0 Å². The first-order valence-electron chi connectivity index (χ1n) is 8.64. The number of carbonyl (C=O) groups is 2. The van der Waals surface area contributed by atoms with Crippen molar-refractivity contribution in [3.05, 3.63) is 65.2 Å². The van der Waals surface area contributed by atoms with Gasteiger partial charge in [-0.2, -0.15) is 0 Å². The van der Waals surface area contributed by atoms with Crippen molar-refractivity contribution in [2.75, 3.05) is 18.0 Å². The minimum atomic E-state index is -0.0211. The molecule has 2 amide bonds. The lowest BCUT2D eigenvalue weighted by atomic mass is 10.1. The molecule has 1 N–H and O–H groups in total. The summed E-state index contributed by atoms with van der Waals surface area (Å²) >= 11 is 0. The lowest BCUT2D eigenvalue weighted by Gasteiger charge is -2.24. The van der Waals surface area contributed by atoms with Crippen molar-refractivity contribution in [3.63, 3.8) is 0 Å². The van der Waals surface area contributed by atoms with E-state index in [0.717, 1.165) is 28.8 Å². The third-order valence-electron chi connectivity index (χ3n) is 4.39. The molecular formula is C21H26N2O2. The van der Waals surface area contributed by atoms with Crippen LogP contribution in [0.15, 0.2) is 48.5 Å². The molecule has 0 aliphatic carbocycles. The van der Waals surface area contributed by atoms with Crippen molar-refractivity contribution >= 4 is 17.5 Å². The summed E-state index contributed by atoms with van der Waals surface area (Å²) in [5.41, 5.74) is 4.30. The number of benzene rings is 2. The van der Waals surface area contributed by atoms with Gasteiger partial charge in [-0.3, -0.25) is 9.59 Å². The Bertz CT molecular complexity index is 726. The van der Waals surface area contributed by atoms with Gasteiger partial charge in [-0.1, -0.05) is 42.5 Å². The van der Waals surface area contributed by atoms with Gasteiger partial charge in [0.25, 0.3) is 0 Å². The highest BCUT2D eigenvalue weighted by Crippen LogP contribution is 2.22. The van der Waals surface area contributed by atoms with Gasteiger partial charge in [-0.25, -0.2) is 0 Å². The van der Waals surface area contributed by atoms with Gasteiger partial charge < -0.3 is 10.2 Å². The Hall–Kier alpha value is -2.62. The summed E-state index contributed by atoms with van der Waals surface area (Å²) in [6, 6.07) is 15.9. The van der Waals surface area contributed by atoms with E-state index in [1.165, 1.54) is 0 Å². The van der Waals surface area contributed by atoms with Crippen molar-refractivity contribution in [2.24, 2.45) is 0 Å². The van der Waals surface area contributed by atoms with E-state index in [2.05, 4.69) is 5.32 Å².